The maximum Gasteiger partial charge on any atom is 0.210 e. The van der Waals surface area contributed by atoms with Crippen LogP contribution in [0.1, 0.15) is 34.7 Å². The molecule has 0 radical (unpaired) electrons. The molecule has 1 atom stereocenters. The molecule has 0 aliphatic carbocycles. The minimum absolute atomic E-state index is 0.00453. The Bertz CT molecular complexity index is 1250. The van der Waals surface area contributed by atoms with Crippen molar-refractivity contribution >= 4 is 17.3 Å². The summed E-state index contributed by atoms with van der Waals surface area (Å²) in [5.41, 5.74) is 5.89. The van der Waals surface area contributed by atoms with Crippen LogP contribution in [0.5, 0.6) is 11.5 Å². The molecule has 0 saturated heterocycles. The summed E-state index contributed by atoms with van der Waals surface area (Å²) in [5, 5.41) is 1.24. The molecule has 2 heterocycles. The summed E-state index contributed by atoms with van der Waals surface area (Å²) >= 11 is 0. The Kier molecular flexibility index (Phi) is 6.03. The SMILES string of the molecule is COc1cc2c(cc1OCc1ccccc1)[C@@H](CCc1c[nH]c3ccccc13)N(C=O)CC2. The van der Waals surface area contributed by atoms with E-state index in [0.717, 1.165) is 48.1 Å². The number of hydrogen-bond acceptors (Lipinski definition) is 3. The van der Waals surface area contributed by atoms with Crippen LogP contribution in [0.15, 0.2) is 72.9 Å². The van der Waals surface area contributed by atoms with Gasteiger partial charge in [0.05, 0.1) is 13.2 Å². The van der Waals surface area contributed by atoms with Crippen LogP contribution in [0.25, 0.3) is 10.9 Å². The molecule has 0 bridgehead atoms. The molecule has 3 aromatic carbocycles. The van der Waals surface area contributed by atoms with Gasteiger partial charge in [0.15, 0.2) is 11.5 Å². The van der Waals surface area contributed by atoms with Gasteiger partial charge in [-0.05, 0) is 59.7 Å². The van der Waals surface area contributed by atoms with E-state index in [-0.39, 0.29) is 6.04 Å². The molecule has 0 saturated carbocycles. The van der Waals surface area contributed by atoms with E-state index in [0.29, 0.717) is 18.9 Å². The van der Waals surface area contributed by atoms with Gasteiger partial charge in [0, 0.05) is 23.6 Å². The molecule has 5 nitrogen and oxygen atoms in total. The van der Waals surface area contributed by atoms with Gasteiger partial charge in [-0.15, -0.1) is 0 Å². The van der Waals surface area contributed by atoms with E-state index < -0.39 is 0 Å². The zero-order valence-corrected chi connectivity index (χ0v) is 18.8. The van der Waals surface area contributed by atoms with Gasteiger partial charge in [0.25, 0.3) is 0 Å². The van der Waals surface area contributed by atoms with Crippen LogP contribution in [-0.4, -0.2) is 29.9 Å². The molecule has 5 heteroatoms. The molecule has 5 rings (SSSR count). The van der Waals surface area contributed by atoms with Crippen LogP contribution >= 0.6 is 0 Å². The number of aryl methyl sites for hydroxylation is 1. The third-order valence-corrected chi connectivity index (χ3v) is 6.56. The monoisotopic (exact) mass is 440 g/mol. The Morgan fingerprint density at radius 1 is 1.06 bits per heavy atom. The molecule has 0 fully saturated rings. The summed E-state index contributed by atoms with van der Waals surface area (Å²) in [6.07, 6.45) is 5.61. The Labute approximate surface area is 193 Å². The number of nitrogens with zero attached hydrogens (tertiary/aromatic N) is 1. The highest BCUT2D eigenvalue weighted by atomic mass is 16.5. The Balaban J connectivity index is 1.42. The lowest BCUT2D eigenvalue weighted by molar-refractivity contribution is -0.120. The van der Waals surface area contributed by atoms with Crippen molar-refractivity contribution in [2.24, 2.45) is 0 Å². The molecule has 1 aromatic heterocycles. The smallest absolute Gasteiger partial charge is 0.210 e. The van der Waals surface area contributed by atoms with Gasteiger partial charge in [0.1, 0.15) is 6.61 Å². The normalized spacial score (nSPS) is 15.3. The number of fused-ring (bicyclic) bond motifs is 2. The average Bonchev–Trinajstić information content (AvgIpc) is 3.29. The number of carbonyl (C=O) groups is 1. The second-order valence-electron chi connectivity index (χ2n) is 8.48. The first-order valence-electron chi connectivity index (χ1n) is 11.4. The molecule has 4 aromatic rings. The fourth-order valence-electron chi connectivity index (χ4n) is 4.81. The standard InChI is InChI=1S/C28H28N2O3/c1-32-27-15-21-13-14-30(19-31)26(12-11-22-17-29-25-10-6-5-9-23(22)25)24(21)16-28(27)33-18-20-7-3-2-4-8-20/h2-10,15-17,19,26,29H,11-14,18H2,1H3/t26-/m1/s1. The van der Waals surface area contributed by atoms with E-state index in [2.05, 4.69) is 41.5 Å². The summed E-state index contributed by atoms with van der Waals surface area (Å²) in [6.45, 7) is 1.18. The Morgan fingerprint density at radius 2 is 1.88 bits per heavy atom. The number of nitrogens with one attached hydrogen (secondary N) is 1. The highest BCUT2D eigenvalue weighted by molar-refractivity contribution is 5.83. The van der Waals surface area contributed by atoms with Gasteiger partial charge in [0.2, 0.25) is 6.41 Å². The van der Waals surface area contributed by atoms with Crippen LogP contribution in [-0.2, 0) is 24.2 Å². The van der Waals surface area contributed by atoms with Gasteiger partial charge in [-0.3, -0.25) is 4.79 Å². The maximum atomic E-state index is 11.9. The van der Waals surface area contributed by atoms with E-state index in [9.17, 15) is 4.79 Å². The summed E-state index contributed by atoms with van der Waals surface area (Å²) < 4.78 is 11.8. The van der Waals surface area contributed by atoms with Crippen molar-refractivity contribution in [1.29, 1.82) is 0 Å². The van der Waals surface area contributed by atoms with Crippen LogP contribution < -0.4 is 9.47 Å². The third kappa shape index (κ3) is 4.31. The number of aromatic amines is 1. The van der Waals surface area contributed by atoms with Crippen LogP contribution in [0.3, 0.4) is 0 Å². The van der Waals surface area contributed by atoms with Crippen LogP contribution in [0.2, 0.25) is 0 Å². The van der Waals surface area contributed by atoms with Gasteiger partial charge in [-0.1, -0.05) is 48.5 Å². The van der Waals surface area contributed by atoms with E-state index in [4.69, 9.17) is 9.47 Å². The van der Waals surface area contributed by atoms with Crippen molar-refractivity contribution < 1.29 is 14.3 Å². The van der Waals surface area contributed by atoms with E-state index in [1.807, 2.05) is 41.3 Å². The molecule has 33 heavy (non-hydrogen) atoms. The van der Waals surface area contributed by atoms with Crippen molar-refractivity contribution in [3.8, 4) is 11.5 Å². The zero-order valence-electron chi connectivity index (χ0n) is 18.8. The first-order chi connectivity index (χ1) is 16.3. The van der Waals surface area contributed by atoms with Crippen molar-refractivity contribution in [1.82, 2.24) is 9.88 Å². The first-order valence-corrected chi connectivity index (χ1v) is 11.4. The average molecular weight is 441 g/mol. The second-order valence-corrected chi connectivity index (χ2v) is 8.48. The number of rotatable bonds is 8. The van der Waals surface area contributed by atoms with Crippen LogP contribution in [0.4, 0.5) is 0 Å². The minimum Gasteiger partial charge on any atom is -0.493 e. The summed E-state index contributed by atoms with van der Waals surface area (Å²) in [5.74, 6) is 1.45. The highest BCUT2D eigenvalue weighted by Crippen LogP contribution is 2.40. The molecule has 0 spiro atoms. The summed E-state index contributed by atoms with van der Waals surface area (Å²) in [7, 11) is 1.67. The van der Waals surface area contributed by atoms with Gasteiger partial charge < -0.3 is 19.4 Å². The summed E-state index contributed by atoms with van der Waals surface area (Å²) in [4.78, 5) is 17.2. The number of ether oxygens (including phenoxy) is 2. The highest BCUT2D eigenvalue weighted by Gasteiger charge is 2.28. The Morgan fingerprint density at radius 3 is 2.70 bits per heavy atom. The number of amides is 1. The number of benzene rings is 3. The molecule has 1 aliphatic rings. The van der Waals surface area contributed by atoms with Crippen molar-refractivity contribution in [3.63, 3.8) is 0 Å². The molecular weight excluding hydrogens is 412 g/mol. The van der Waals surface area contributed by atoms with Gasteiger partial charge in [-0.2, -0.15) is 0 Å². The second kappa shape index (κ2) is 9.41. The number of H-pyrrole nitrogens is 1. The first kappa shape index (κ1) is 21.1. The number of para-hydroxylation sites is 1. The lowest BCUT2D eigenvalue weighted by atomic mass is 9.88. The van der Waals surface area contributed by atoms with Crippen LogP contribution in [0, 0.1) is 0 Å². The van der Waals surface area contributed by atoms with Crippen molar-refractivity contribution in [2.75, 3.05) is 13.7 Å². The van der Waals surface area contributed by atoms with Gasteiger partial charge >= 0.3 is 0 Å². The lowest BCUT2D eigenvalue weighted by Gasteiger charge is -2.35. The van der Waals surface area contributed by atoms with Crippen molar-refractivity contribution in [3.05, 3.63) is 95.2 Å². The quantitative estimate of drug-likeness (QED) is 0.371. The van der Waals surface area contributed by atoms with E-state index >= 15 is 0 Å². The largest absolute Gasteiger partial charge is 0.493 e. The predicted octanol–water partition coefficient (Wildman–Crippen LogP) is 5.44. The topological polar surface area (TPSA) is 54.6 Å². The van der Waals surface area contributed by atoms with Crippen molar-refractivity contribution in [2.45, 2.75) is 31.9 Å². The predicted molar refractivity (Wildman–Crippen MR) is 130 cm³/mol. The fraction of sp³-hybridized carbons (Fsp3) is 0.250. The van der Waals surface area contributed by atoms with E-state index in [1.54, 1.807) is 7.11 Å². The molecular formula is C28H28N2O3. The number of aromatic nitrogens is 1. The summed E-state index contributed by atoms with van der Waals surface area (Å²) in [6, 6.07) is 22.6. The molecule has 0 unspecified atom stereocenters. The van der Waals surface area contributed by atoms with E-state index in [1.165, 1.54) is 16.5 Å². The molecule has 168 valence electrons. The fourth-order valence-corrected chi connectivity index (χ4v) is 4.81. The number of carbonyl (C=O) groups excluding carboxylic acids is 1. The number of methoxy groups -OCH3 is 1. The number of hydrogen-bond donors (Lipinski definition) is 1. The molecule has 1 amide bonds. The van der Waals surface area contributed by atoms with Gasteiger partial charge in [-0.25, -0.2) is 0 Å². The zero-order chi connectivity index (χ0) is 22.6. The third-order valence-electron chi connectivity index (χ3n) is 6.56. The molecule has 1 N–H and O–H groups in total. The maximum absolute atomic E-state index is 11.9. The molecule has 1 aliphatic heterocycles. The lowest BCUT2D eigenvalue weighted by Crippen LogP contribution is -2.34. The minimum atomic E-state index is 0.00453. The Hall–Kier alpha value is -3.73.